The summed E-state index contributed by atoms with van der Waals surface area (Å²) in [5.74, 6) is -1.28. The van der Waals surface area contributed by atoms with Gasteiger partial charge in [0.05, 0.1) is 36.2 Å². The van der Waals surface area contributed by atoms with Crippen molar-refractivity contribution in [3.8, 4) is 0 Å². The van der Waals surface area contributed by atoms with Gasteiger partial charge in [-0.3, -0.25) is 0 Å². The lowest BCUT2D eigenvalue weighted by Gasteiger charge is -2.46. The zero-order valence-corrected chi connectivity index (χ0v) is 23.9. The van der Waals surface area contributed by atoms with E-state index in [1.807, 2.05) is 0 Å². The Hall–Kier alpha value is -2.32. The lowest BCUT2D eigenvalue weighted by Crippen LogP contribution is -2.60. The molecule has 3 aliphatic rings. The van der Waals surface area contributed by atoms with E-state index in [0.717, 1.165) is 13.1 Å². The van der Waals surface area contributed by atoms with Gasteiger partial charge in [-0.1, -0.05) is 35.6 Å². The van der Waals surface area contributed by atoms with Crippen LogP contribution in [-0.2, 0) is 27.3 Å². The molecule has 5 heterocycles. The van der Waals surface area contributed by atoms with Gasteiger partial charge in [0.15, 0.2) is 25.0 Å². The summed E-state index contributed by atoms with van der Waals surface area (Å²) in [5, 5.41) is 61.2. The topological polar surface area (TPSA) is 157 Å². The number of aromatic nitrogens is 2. The fourth-order valence-corrected chi connectivity index (χ4v) is 6.07. The van der Waals surface area contributed by atoms with Crippen molar-refractivity contribution in [1.82, 2.24) is 0 Å². The number of aryl methyl sites for hydroxylation is 2. The molecule has 0 aliphatic carbocycles. The standard InChI is InChI=1S/C16H16N2.C14H26O9.2CH4/c1-3-12-7-9-18-10-17-8-6-11(2)13-4-5-14(12)16(18)15(13)17;1-5-10(18)12(8(4-16)21-13(5)20)23-14-6(2)9(17)11(19)7(3-15)22-14;;/h4-9H,3,10H2,1-2H3;5-20H,3-4H2,1-2H3;2*1H4/q+2;;;/t;5?,6-,7?,8-,9?,10-,11-,12?,13-,14?;;/m.1../s1. The van der Waals surface area contributed by atoms with Crippen molar-refractivity contribution >= 4 is 21.8 Å². The Morgan fingerprint density at radius 3 is 2.02 bits per heavy atom. The van der Waals surface area contributed by atoms with Crippen LogP contribution in [0, 0.1) is 18.8 Å². The molecule has 2 aromatic heterocycles. The van der Waals surface area contributed by atoms with Gasteiger partial charge in [-0.2, -0.15) is 0 Å². The van der Waals surface area contributed by atoms with Crippen LogP contribution in [0.3, 0.4) is 0 Å². The number of aliphatic hydroxyl groups is 6. The van der Waals surface area contributed by atoms with Gasteiger partial charge in [0.25, 0.3) is 11.0 Å². The molecular weight excluding hydrogens is 556 g/mol. The molecule has 0 amide bonds. The molecule has 2 fully saturated rings. The fourth-order valence-electron chi connectivity index (χ4n) is 6.07. The number of pyridine rings is 2. The van der Waals surface area contributed by atoms with E-state index in [4.69, 9.17) is 14.2 Å². The smallest absolute Gasteiger partial charge is 0.345 e. The third-order valence-electron chi connectivity index (χ3n) is 8.81. The summed E-state index contributed by atoms with van der Waals surface area (Å²) >= 11 is 0. The van der Waals surface area contributed by atoms with E-state index in [2.05, 4.69) is 59.6 Å². The van der Waals surface area contributed by atoms with Crippen LogP contribution in [0.15, 0.2) is 36.7 Å². The highest BCUT2D eigenvalue weighted by Gasteiger charge is 2.48. The lowest BCUT2D eigenvalue weighted by molar-refractivity contribution is -0.872. The van der Waals surface area contributed by atoms with E-state index in [0.29, 0.717) is 0 Å². The average Bonchev–Trinajstić information content (AvgIpc) is 3.37. The molecule has 0 spiro atoms. The Bertz CT molecular complexity index is 1380. The SMILES string of the molecule is C.C.CC1[C@@H](O)C(OC2OC(CO)[C@@H](O)C(O)[C@H]2C)[C@@H](CO)O[C@H]1O.CCc1cc[n+]2c3c1ccc1c(C)cc[n+](c13)C2. The first-order valence-electron chi connectivity index (χ1n) is 14.3. The van der Waals surface area contributed by atoms with Crippen LogP contribution >= 0.6 is 0 Å². The van der Waals surface area contributed by atoms with Gasteiger partial charge >= 0.3 is 6.67 Å². The van der Waals surface area contributed by atoms with Crippen LogP contribution in [0.2, 0.25) is 0 Å². The van der Waals surface area contributed by atoms with Crippen molar-refractivity contribution in [3.63, 3.8) is 0 Å². The van der Waals surface area contributed by atoms with Gasteiger partial charge in [0.1, 0.15) is 24.4 Å². The van der Waals surface area contributed by atoms with Crippen molar-refractivity contribution < 1.29 is 54.0 Å². The lowest BCUT2D eigenvalue weighted by atomic mass is 9.90. The monoisotopic (exact) mass is 606 g/mol. The molecule has 2 saturated heterocycles. The van der Waals surface area contributed by atoms with Gasteiger partial charge in [-0.05, 0) is 36.6 Å². The van der Waals surface area contributed by atoms with E-state index in [1.54, 1.807) is 13.8 Å². The normalized spacial score (nSPS) is 33.1. The number of hydrogen-bond acceptors (Lipinski definition) is 9. The Morgan fingerprint density at radius 2 is 1.40 bits per heavy atom. The second kappa shape index (κ2) is 14.2. The second-order valence-electron chi connectivity index (χ2n) is 11.4. The molecule has 6 rings (SSSR count). The molecule has 0 saturated carbocycles. The Labute approximate surface area is 253 Å². The van der Waals surface area contributed by atoms with Gasteiger partial charge in [-0.15, -0.1) is 9.13 Å². The number of hydrogen-bond donors (Lipinski definition) is 6. The first kappa shape index (κ1) is 35.2. The maximum atomic E-state index is 10.3. The zero-order chi connectivity index (χ0) is 29.6. The third kappa shape index (κ3) is 6.28. The Morgan fingerprint density at radius 1 is 0.791 bits per heavy atom. The molecule has 6 N–H and O–H groups in total. The predicted octanol–water partition coefficient (Wildman–Crippen LogP) is 0.683. The summed E-state index contributed by atoms with van der Waals surface area (Å²) < 4.78 is 21.0. The van der Waals surface area contributed by atoms with Crippen molar-refractivity contribution in [3.05, 3.63) is 47.8 Å². The first-order chi connectivity index (χ1) is 19.6. The van der Waals surface area contributed by atoms with Crippen LogP contribution in [0.4, 0.5) is 0 Å². The van der Waals surface area contributed by atoms with Gasteiger partial charge in [0, 0.05) is 24.0 Å². The molecule has 3 aromatic rings. The van der Waals surface area contributed by atoms with Gasteiger partial charge < -0.3 is 44.8 Å². The molecule has 43 heavy (non-hydrogen) atoms. The molecule has 240 valence electrons. The van der Waals surface area contributed by atoms with Crippen molar-refractivity contribution in [2.75, 3.05) is 13.2 Å². The summed E-state index contributed by atoms with van der Waals surface area (Å²) in [4.78, 5) is 0. The minimum atomic E-state index is -1.25. The minimum absolute atomic E-state index is 0. The van der Waals surface area contributed by atoms with Crippen LogP contribution in [0.1, 0.15) is 46.8 Å². The van der Waals surface area contributed by atoms with Crippen LogP contribution in [0.5, 0.6) is 0 Å². The number of benzene rings is 1. The van der Waals surface area contributed by atoms with E-state index in [1.165, 1.54) is 32.9 Å². The minimum Gasteiger partial charge on any atom is -0.394 e. The van der Waals surface area contributed by atoms with E-state index in [-0.39, 0.29) is 14.9 Å². The van der Waals surface area contributed by atoms with Crippen molar-refractivity contribution in [2.24, 2.45) is 11.8 Å². The van der Waals surface area contributed by atoms with E-state index >= 15 is 0 Å². The summed E-state index contributed by atoms with van der Waals surface area (Å²) in [6.45, 7) is 7.53. The molecule has 3 aliphatic heterocycles. The Kier molecular flexibility index (Phi) is 11.6. The molecular formula is C32H50N2O9+2. The van der Waals surface area contributed by atoms with Crippen LogP contribution < -0.4 is 9.13 Å². The zero-order valence-electron chi connectivity index (χ0n) is 23.9. The maximum Gasteiger partial charge on any atom is 0.345 e. The molecule has 11 nitrogen and oxygen atoms in total. The number of nitrogens with zero attached hydrogens (tertiary/aromatic N) is 2. The largest absolute Gasteiger partial charge is 0.394 e. The Balaban J connectivity index is 0.000000229. The number of aliphatic hydroxyl groups excluding tert-OH is 6. The first-order valence-corrected chi connectivity index (χ1v) is 14.3. The number of ether oxygens (including phenoxy) is 3. The highest BCUT2D eigenvalue weighted by Crippen LogP contribution is 2.33. The molecule has 1 aromatic carbocycles. The summed E-state index contributed by atoms with van der Waals surface area (Å²) in [5.41, 5.74) is 5.59. The molecule has 0 bridgehead atoms. The maximum absolute atomic E-state index is 10.3. The fraction of sp³-hybridized carbons (Fsp3) is 0.625. The van der Waals surface area contributed by atoms with Crippen LogP contribution in [0.25, 0.3) is 21.8 Å². The number of rotatable bonds is 5. The van der Waals surface area contributed by atoms with Crippen LogP contribution in [-0.4, -0.2) is 93.1 Å². The third-order valence-corrected chi connectivity index (χ3v) is 8.81. The molecule has 5 unspecified atom stereocenters. The van der Waals surface area contributed by atoms with E-state index in [9.17, 15) is 30.6 Å². The molecule has 10 atom stereocenters. The molecule has 11 heteroatoms. The van der Waals surface area contributed by atoms with Gasteiger partial charge in [-0.25, -0.2) is 0 Å². The summed E-state index contributed by atoms with van der Waals surface area (Å²) in [6, 6.07) is 9.03. The predicted molar refractivity (Wildman–Crippen MR) is 160 cm³/mol. The molecule has 0 radical (unpaired) electrons. The van der Waals surface area contributed by atoms with Crippen molar-refractivity contribution in [2.45, 2.75) is 105 Å². The highest BCUT2D eigenvalue weighted by molar-refractivity contribution is 6.01. The second-order valence-corrected chi connectivity index (χ2v) is 11.4. The summed E-state index contributed by atoms with van der Waals surface area (Å²) in [7, 11) is 0. The summed E-state index contributed by atoms with van der Waals surface area (Å²) in [6.07, 6.45) is -3.27. The van der Waals surface area contributed by atoms with Crippen molar-refractivity contribution in [1.29, 1.82) is 0 Å². The average molecular weight is 607 g/mol. The quantitative estimate of drug-likeness (QED) is 0.142. The highest BCUT2D eigenvalue weighted by atomic mass is 16.7. The van der Waals surface area contributed by atoms with Gasteiger partial charge in [0.2, 0.25) is 0 Å². The van der Waals surface area contributed by atoms with E-state index < -0.39 is 74.3 Å².